The fourth-order valence-corrected chi connectivity index (χ4v) is 7.54. The molecule has 0 saturated heterocycles. The molecule has 0 atom stereocenters. The average molecular weight is 735 g/mol. The second-order valence-electron chi connectivity index (χ2n) is 13.0. The molecule has 0 aromatic heterocycles. The molecular formula is C42H52N2NaO6P. The van der Waals surface area contributed by atoms with Gasteiger partial charge in [-0.05, 0) is 150 Å². The Balaban J connectivity index is 0.00000729. The number of carbonyl (C=O) groups is 2. The Labute approximate surface area is 332 Å². The number of rotatable bonds is 18. The molecule has 0 unspecified atom stereocenters. The molecule has 4 aromatic carbocycles. The van der Waals surface area contributed by atoms with Crippen LogP contribution in [0.25, 0.3) is 0 Å². The van der Waals surface area contributed by atoms with E-state index in [1.807, 2.05) is 0 Å². The molecule has 4 aromatic rings. The number of Topliss-reactive ketones (excluding diaryl/α,β-unsaturated/α-hetero) is 2. The predicted molar refractivity (Wildman–Crippen MR) is 206 cm³/mol. The summed E-state index contributed by atoms with van der Waals surface area (Å²) >= 11 is 0. The number of nitrogens with zero attached hydrogens (tertiary/aromatic N) is 2. The second-order valence-corrected chi connectivity index (χ2v) is 14.3. The third-order valence-corrected chi connectivity index (χ3v) is 10.2. The van der Waals surface area contributed by atoms with E-state index in [1.54, 1.807) is 52.0 Å². The number of aryl methyl sites for hydroxylation is 6. The standard InChI is InChI=1S/C42H53N2O6P.Na/c1-9-43(10-2)37-19-13-33(14-20-37)17-23-39(45)35-25-29(5)41(30(6)26-35)49-51(47,48)50-42-31(7)27-36(28-32(42)8)40(46)24-18-34-15-21-38(22-16-34)44(11-3)12-4;/h13-16,19-22,25-28H,9-12,17-18,23-24H2,1-8H3,(H,47,48);/q;+1/p-1. The summed E-state index contributed by atoms with van der Waals surface area (Å²) in [5.41, 5.74) is 7.54. The summed E-state index contributed by atoms with van der Waals surface area (Å²) in [4.78, 5) is 44.0. The van der Waals surface area contributed by atoms with Crippen LogP contribution < -0.4 is 53.3 Å². The van der Waals surface area contributed by atoms with E-state index in [2.05, 4.69) is 86.0 Å². The summed E-state index contributed by atoms with van der Waals surface area (Å²) in [6, 6.07) is 23.2. The van der Waals surface area contributed by atoms with E-state index in [4.69, 9.17) is 9.05 Å². The molecule has 0 aliphatic heterocycles. The van der Waals surface area contributed by atoms with Crippen molar-refractivity contribution in [1.29, 1.82) is 0 Å². The minimum atomic E-state index is -4.89. The smallest absolute Gasteiger partial charge is 0.736 e. The summed E-state index contributed by atoms with van der Waals surface area (Å²) in [6.07, 6.45) is 1.86. The molecule has 0 N–H and O–H groups in total. The minimum Gasteiger partial charge on any atom is -0.736 e. The molecule has 0 spiro atoms. The first-order valence-corrected chi connectivity index (χ1v) is 19.4. The quantitative estimate of drug-likeness (QED) is 0.0680. The molecule has 0 bridgehead atoms. The number of hydrogen-bond acceptors (Lipinski definition) is 8. The molecule has 10 heteroatoms. The maximum atomic E-state index is 13.2. The van der Waals surface area contributed by atoms with Crippen molar-refractivity contribution in [2.45, 2.75) is 81.1 Å². The van der Waals surface area contributed by atoms with Crippen molar-refractivity contribution in [3.8, 4) is 11.5 Å². The van der Waals surface area contributed by atoms with Crippen LogP contribution in [0.3, 0.4) is 0 Å². The van der Waals surface area contributed by atoms with Crippen LogP contribution in [0.5, 0.6) is 11.5 Å². The maximum Gasteiger partial charge on any atom is 1.00 e. The minimum absolute atomic E-state index is 0. The van der Waals surface area contributed by atoms with E-state index in [9.17, 15) is 19.0 Å². The van der Waals surface area contributed by atoms with E-state index in [0.717, 1.165) is 48.7 Å². The Morgan fingerprint density at radius 3 is 1.13 bits per heavy atom. The fraction of sp³-hybridized carbons (Fsp3) is 0.381. The first-order chi connectivity index (χ1) is 24.3. The number of anilines is 2. The SMILES string of the molecule is CCN(CC)c1ccc(CCC(=O)c2cc(C)c(OP(=O)([O-])Oc3c(C)cc(C(=O)CCc4ccc(N(CC)CC)cc4)cc3C)c(C)c2)cc1.[Na+]. The van der Waals surface area contributed by atoms with Crippen LogP contribution in [0, 0.1) is 27.7 Å². The molecule has 0 aliphatic rings. The third kappa shape index (κ3) is 11.3. The van der Waals surface area contributed by atoms with Crippen molar-refractivity contribution in [3.63, 3.8) is 0 Å². The normalized spacial score (nSPS) is 11.1. The number of phosphoric ester groups is 1. The van der Waals surface area contributed by atoms with Gasteiger partial charge in [0.15, 0.2) is 11.6 Å². The number of hydrogen-bond donors (Lipinski definition) is 0. The third-order valence-electron chi connectivity index (χ3n) is 9.38. The van der Waals surface area contributed by atoms with Crippen LogP contribution in [0.15, 0.2) is 72.8 Å². The Morgan fingerprint density at radius 2 is 0.865 bits per heavy atom. The molecule has 4 rings (SSSR count). The second kappa shape index (κ2) is 19.6. The van der Waals surface area contributed by atoms with Gasteiger partial charge in [-0.25, -0.2) is 4.57 Å². The molecule has 0 heterocycles. The van der Waals surface area contributed by atoms with Crippen molar-refractivity contribution in [2.24, 2.45) is 0 Å². The van der Waals surface area contributed by atoms with Crippen LogP contribution >= 0.6 is 7.82 Å². The van der Waals surface area contributed by atoms with Crippen molar-refractivity contribution in [3.05, 3.63) is 117 Å². The van der Waals surface area contributed by atoms with Gasteiger partial charge in [0.2, 0.25) is 0 Å². The number of phosphoric acid groups is 1. The van der Waals surface area contributed by atoms with E-state index in [1.165, 1.54) is 0 Å². The van der Waals surface area contributed by atoms with Gasteiger partial charge in [-0.1, -0.05) is 24.3 Å². The molecule has 0 radical (unpaired) electrons. The predicted octanol–water partition coefficient (Wildman–Crippen LogP) is 6.17. The zero-order chi connectivity index (χ0) is 37.3. The first-order valence-electron chi connectivity index (χ1n) is 18.0. The molecular weight excluding hydrogens is 682 g/mol. The van der Waals surface area contributed by atoms with Crippen LogP contribution in [0.2, 0.25) is 0 Å². The summed E-state index contributed by atoms with van der Waals surface area (Å²) < 4.78 is 24.2. The summed E-state index contributed by atoms with van der Waals surface area (Å²) in [7, 11) is -4.89. The van der Waals surface area contributed by atoms with Crippen molar-refractivity contribution >= 4 is 30.8 Å². The molecule has 52 heavy (non-hydrogen) atoms. The van der Waals surface area contributed by atoms with Gasteiger partial charge in [-0.15, -0.1) is 0 Å². The van der Waals surface area contributed by atoms with Crippen LogP contribution in [0.1, 0.15) is 94.6 Å². The Morgan fingerprint density at radius 1 is 0.577 bits per heavy atom. The van der Waals surface area contributed by atoms with Gasteiger partial charge in [0.05, 0.1) is 0 Å². The summed E-state index contributed by atoms with van der Waals surface area (Å²) in [5.74, 6) is 0.195. The van der Waals surface area contributed by atoms with Gasteiger partial charge in [0, 0.05) is 61.5 Å². The van der Waals surface area contributed by atoms with Gasteiger partial charge in [0.25, 0.3) is 0 Å². The van der Waals surface area contributed by atoms with Gasteiger partial charge >= 0.3 is 37.4 Å². The van der Waals surface area contributed by atoms with E-state index in [0.29, 0.717) is 59.1 Å². The summed E-state index contributed by atoms with van der Waals surface area (Å²) in [5, 5.41) is 0. The van der Waals surface area contributed by atoms with E-state index in [-0.39, 0.29) is 52.6 Å². The van der Waals surface area contributed by atoms with Crippen LogP contribution in [-0.2, 0) is 17.4 Å². The number of benzene rings is 4. The average Bonchev–Trinajstić information content (AvgIpc) is 3.11. The zero-order valence-electron chi connectivity index (χ0n) is 32.4. The molecule has 0 fully saturated rings. The Bertz CT molecular complexity index is 1690. The van der Waals surface area contributed by atoms with E-state index >= 15 is 0 Å². The Hall–Kier alpha value is -3.39. The molecule has 0 saturated carbocycles. The van der Waals surface area contributed by atoms with Gasteiger partial charge in [-0.3, -0.25) is 9.59 Å². The summed E-state index contributed by atoms with van der Waals surface area (Å²) in [6.45, 7) is 19.1. The van der Waals surface area contributed by atoms with Crippen LogP contribution in [-0.4, -0.2) is 37.7 Å². The van der Waals surface area contributed by atoms with Gasteiger partial charge in [0.1, 0.15) is 11.5 Å². The molecule has 8 nitrogen and oxygen atoms in total. The zero-order valence-corrected chi connectivity index (χ0v) is 35.3. The Kier molecular flexibility index (Phi) is 16.2. The van der Waals surface area contributed by atoms with Crippen molar-refractivity contribution < 1.29 is 57.7 Å². The fourth-order valence-electron chi connectivity index (χ4n) is 6.48. The van der Waals surface area contributed by atoms with Crippen molar-refractivity contribution in [1.82, 2.24) is 0 Å². The molecule has 272 valence electrons. The first kappa shape index (κ1) is 43.0. The van der Waals surface area contributed by atoms with E-state index < -0.39 is 7.82 Å². The van der Waals surface area contributed by atoms with Gasteiger partial charge < -0.3 is 23.7 Å². The topological polar surface area (TPSA) is 99.2 Å². The number of carbonyl (C=O) groups excluding carboxylic acids is 2. The maximum absolute atomic E-state index is 13.2. The monoisotopic (exact) mass is 734 g/mol. The van der Waals surface area contributed by atoms with Gasteiger partial charge in [-0.2, -0.15) is 0 Å². The molecule has 0 amide bonds. The molecule has 0 aliphatic carbocycles. The van der Waals surface area contributed by atoms with Crippen molar-refractivity contribution in [2.75, 3.05) is 36.0 Å². The van der Waals surface area contributed by atoms with Crippen LogP contribution in [0.4, 0.5) is 11.4 Å². The number of ketones is 2. The largest absolute Gasteiger partial charge is 1.00 e.